The molecule has 21 heavy (non-hydrogen) atoms. The van der Waals surface area contributed by atoms with Gasteiger partial charge in [-0.2, -0.15) is 9.19 Å². The van der Waals surface area contributed by atoms with Crippen LogP contribution in [0.2, 0.25) is 0 Å². The molecule has 3 aromatic rings. The lowest BCUT2D eigenvalue weighted by Crippen LogP contribution is -2.11. The first kappa shape index (κ1) is 13.5. The van der Waals surface area contributed by atoms with Crippen molar-refractivity contribution in [2.45, 2.75) is 0 Å². The molecule has 5 nitrogen and oxygen atoms in total. The Hall–Kier alpha value is -2.47. The largest absolute Gasteiger partial charge is 0.298 e. The van der Waals surface area contributed by atoms with Crippen LogP contribution in [0, 0.1) is 0 Å². The minimum atomic E-state index is -3.44. The van der Waals surface area contributed by atoms with Gasteiger partial charge in [-0.05, 0) is 17.2 Å². The number of hydrogen-bond donors (Lipinski definition) is 0. The van der Waals surface area contributed by atoms with E-state index in [1.165, 1.54) is 0 Å². The van der Waals surface area contributed by atoms with Crippen molar-refractivity contribution in [3.05, 3.63) is 54.2 Å². The Morgan fingerprint density at radius 3 is 2.43 bits per heavy atom. The van der Waals surface area contributed by atoms with E-state index in [9.17, 15) is 13.2 Å². The van der Waals surface area contributed by atoms with E-state index in [1.54, 1.807) is 30.5 Å². The maximum absolute atomic E-state index is 11.7. The Kier molecular flexibility index (Phi) is 3.10. The van der Waals surface area contributed by atoms with Gasteiger partial charge in [-0.1, -0.05) is 36.4 Å². The van der Waals surface area contributed by atoms with Crippen LogP contribution in [0.1, 0.15) is 10.4 Å². The van der Waals surface area contributed by atoms with Crippen molar-refractivity contribution in [1.29, 1.82) is 0 Å². The molecule has 0 fully saturated rings. The fourth-order valence-electron chi connectivity index (χ4n) is 2.29. The van der Waals surface area contributed by atoms with E-state index in [2.05, 4.69) is 5.10 Å². The number of rotatable bonds is 3. The molecule has 0 radical (unpaired) electrons. The van der Waals surface area contributed by atoms with Crippen molar-refractivity contribution in [3.8, 4) is 11.1 Å². The molecule has 0 saturated heterocycles. The third-order valence-electron chi connectivity index (χ3n) is 3.25. The van der Waals surface area contributed by atoms with Crippen molar-refractivity contribution in [1.82, 2.24) is 9.19 Å². The Morgan fingerprint density at radius 2 is 1.81 bits per heavy atom. The van der Waals surface area contributed by atoms with Gasteiger partial charge in [0.05, 0.1) is 18.0 Å². The second kappa shape index (κ2) is 4.82. The monoisotopic (exact) mass is 300 g/mol. The molecule has 0 saturated carbocycles. The number of carbonyl (C=O) groups is 1. The Balaban J connectivity index is 2.24. The van der Waals surface area contributed by atoms with Crippen molar-refractivity contribution >= 4 is 27.2 Å². The Labute approximate surface area is 121 Å². The van der Waals surface area contributed by atoms with Gasteiger partial charge in [-0.25, -0.2) is 8.42 Å². The van der Waals surface area contributed by atoms with E-state index in [0.29, 0.717) is 11.1 Å². The van der Waals surface area contributed by atoms with Gasteiger partial charge in [0, 0.05) is 10.9 Å². The molecule has 0 bridgehead atoms. The Bertz CT molecular complexity index is 925. The molecular formula is C15H12N2O3S. The number of carbonyl (C=O) groups excluding carboxylic acids is 1. The molecule has 0 N–H and O–H groups in total. The predicted octanol–water partition coefficient (Wildman–Crippen LogP) is 2.32. The summed E-state index contributed by atoms with van der Waals surface area (Å²) < 4.78 is 24.4. The molecule has 0 aliphatic heterocycles. The van der Waals surface area contributed by atoms with E-state index in [1.807, 2.05) is 18.2 Å². The number of hydrogen-bond acceptors (Lipinski definition) is 4. The summed E-state index contributed by atoms with van der Waals surface area (Å²) in [5.74, 6) is 0. The highest BCUT2D eigenvalue weighted by molar-refractivity contribution is 7.89. The van der Waals surface area contributed by atoms with Crippen LogP contribution in [0.3, 0.4) is 0 Å². The number of benzene rings is 2. The number of aromatic nitrogens is 2. The zero-order valence-electron chi connectivity index (χ0n) is 11.2. The normalized spacial score (nSPS) is 11.7. The van der Waals surface area contributed by atoms with Crippen LogP contribution in [-0.4, -0.2) is 30.1 Å². The number of aldehydes is 1. The van der Waals surface area contributed by atoms with Gasteiger partial charge in [0.25, 0.3) is 10.0 Å². The van der Waals surface area contributed by atoms with Gasteiger partial charge in [-0.3, -0.25) is 4.79 Å². The summed E-state index contributed by atoms with van der Waals surface area (Å²) in [6.07, 6.45) is 3.44. The summed E-state index contributed by atoms with van der Waals surface area (Å²) in [7, 11) is -3.44. The van der Waals surface area contributed by atoms with Crippen LogP contribution in [0.4, 0.5) is 0 Å². The minimum absolute atomic E-state index is 0.537. The molecule has 0 aliphatic carbocycles. The van der Waals surface area contributed by atoms with Crippen LogP contribution < -0.4 is 0 Å². The van der Waals surface area contributed by atoms with Crippen LogP contribution in [0.15, 0.2) is 48.7 Å². The standard InChI is InChI=1S/C15H12N2O3S/c1-21(19,20)17-15-4-2-3-13(14(15)9-16-17)12-7-5-11(10-18)6-8-12/h2-10H,1H3. The van der Waals surface area contributed by atoms with Crippen LogP contribution >= 0.6 is 0 Å². The highest BCUT2D eigenvalue weighted by Gasteiger charge is 2.14. The zero-order chi connectivity index (χ0) is 15.0. The van der Waals surface area contributed by atoms with Crippen LogP contribution in [-0.2, 0) is 10.0 Å². The molecule has 0 spiro atoms. The van der Waals surface area contributed by atoms with Gasteiger partial charge in [0.2, 0.25) is 0 Å². The second-order valence-corrected chi connectivity index (χ2v) is 6.54. The first-order chi connectivity index (χ1) is 10.0. The molecule has 106 valence electrons. The fraction of sp³-hybridized carbons (Fsp3) is 0.0667. The maximum atomic E-state index is 11.7. The average molecular weight is 300 g/mol. The quantitative estimate of drug-likeness (QED) is 0.696. The lowest BCUT2D eigenvalue weighted by Gasteiger charge is -2.05. The summed E-state index contributed by atoms with van der Waals surface area (Å²) in [5, 5.41) is 4.71. The van der Waals surface area contributed by atoms with Crippen molar-refractivity contribution in [3.63, 3.8) is 0 Å². The SMILES string of the molecule is CS(=O)(=O)n1ncc2c(-c3ccc(C=O)cc3)cccc21. The number of nitrogens with zero attached hydrogens (tertiary/aromatic N) is 2. The van der Waals surface area contributed by atoms with Gasteiger partial charge < -0.3 is 0 Å². The van der Waals surface area contributed by atoms with Crippen LogP contribution in [0.5, 0.6) is 0 Å². The molecular weight excluding hydrogens is 288 g/mol. The van der Waals surface area contributed by atoms with E-state index in [0.717, 1.165) is 33.1 Å². The smallest absolute Gasteiger partial charge is 0.251 e. The molecule has 0 aliphatic rings. The summed E-state index contributed by atoms with van der Waals surface area (Å²) >= 11 is 0. The first-order valence-electron chi connectivity index (χ1n) is 6.23. The van der Waals surface area contributed by atoms with E-state index in [-0.39, 0.29) is 0 Å². The van der Waals surface area contributed by atoms with Gasteiger partial charge in [0.1, 0.15) is 6.29 Å². The summed E-state index contributed by atoms with van der Waals surface area (Å²) in [5.41, 5.74) is 2.91. The molecule has 0 amide bonds. The fourth-order valence-corrected chi connectivity index (χ4v) is 3.02. The zero-order valence-corrected chi connectivity index (χ0v) is 12.0. The third-order valence-corrected chi connectivity index (χ3v) is 4.17. The highest BCUT2D eigenvalue weighted by Crippen LogP contribution is 2.29. The van der Waals surface area contributed by atoms with Gasteiger partial charge in [-0.15, -0.1) is 0 Å². The topological polar surface area (TPSA) is 69.0 Å². The van der Waals surface area contributed by atoms with Crippen LogP contribution in [0.25, 0.3) is 22.0 Å². The van der Waals surface area contributed by atoms with Gasteiger partial charge in [0.15, 0.2) is 0 Å². The highest BCUT2D eigenvalue weighted by atomic mass is 32.2. The summed E-state index contributed by atoms with van der Waals surface area (Å²) in [6.45, 7) is 0. The third kappa shape index (κ3) is 2.34. The second-order valence-electron chi connectivity index (χ2n) is 4.73. The summed E-state index contributed by atoms with van der Waals surface area (Å²) in [6, 6.07) is 12.5. The molecule has 3 rings (SSSR count). The lowest BCUT2D eigenvalue weighted by atomic mass is 10.0. The minimum Gasteiger partial charge on any atom is -0.298 e. The molecule has 0 atom stereocenters. The van der Waals surface area contributed by atoms with Crippen molar-refractivity contribution in [2.75, 3.05) is 6.26 Å². The van der Waals surface area contributed by atoms with E-state index < -0.39 is 10.0 Å². The molecule has 2 aromatic carbocycles. The molecule has 0 unspecified atom stereocenters. The molecule has 1 aromatic heterocycles. The van der Waals surface area contributed by atoms with E-state index in [4.69, 9.17) is 0 Å². The first-order valence-corrected chi connectivity index (χ1v) is 8.08. The Morgan fingerprint density at radius 1 is 1.10 bits per heavy atom. The van der Waals surface area contributed by atoms with E-state index >= 15 is 0 Å². The average Bonchev–Trinajstić information content (AvgIpc) is 2.91. The molecule has 1 heterocycles. The maximum Gasteiger partial charge on any atom is 0.251 e. The number of fused-ring (bicyclic) bond motifs is 1. The van der Waals surface area contributed by atoms with Gasteiger partial charge >= 0.3 is 0 Å². The molecule has 6 heteroatoms. The summed E-state index contributed by atoms with van der Waals surface area (Å²) in [4.78, 5) is 10.7. The predicted molar refractivity (Wildman–Crippen MR) is 80.8 cm³/mol. The van der Waals surface area contributed by atoms with Crippen molar-refractivity contribution < 1.29 is 13.2 Å². The van der Waals surface area contributed by atoms with Crippen molar-refractivity contribution in [2.24, 2.45) is 0 Å². The lowest BCUT2D eigenvalue weighted by molar-refractivity contribution is 0.112.